The van der Waals surface area contributed by atoms with Gasteiger partial charge < -0.3 is 10.2 Å². The number of hydrogen-bond donors (Lipinski definition) is 2. The van der Waals surface area contributed by atoms with Gasteiger partial charge in [-0.15, -0.1) is 0 Å². The summed E-state index contributed by atoms with van der Waals surface area (Å²) in [7, 11) is 0. The minimum absolute atomic E-state index is 0.261. The third kappa shape index (κ3) is 1.40. The number of hydrogen-bond acceptors (Lipinski definition) is 2. The van der Waals surface area contributed by atoms with Crippen LogP contribution in [0.5, 0.6) is 5.75 Å². The van der Waals surface area contributed by atoms with Gasteiger partial charge in [-0.1, -0.05) is 31.0 Å². The minimum Gasteiger partial charge on any atom is -0.507 e. The molecule has 2 heteroatoms. The first-order valence-corrected chi connectivity index (χ1v) is 5.15. The molecule has 2 nitrogen and oxygen atoms in total. The Morgan fingerprint density at radius 2 is 1.86 bits per heavy atom. The van der Waals surface area contributed by atoms with Crippen molar-refractivity contribution in [2.24, 2.45) is 0 Å². The summed E-state index contributed by atoms with van der Waals surface area (Å²) in [4.78, 5) is 0. The van der Waals surface area contributed by atoms with Gasteiger partial charge in [-0.2, -0.15) is 0 Å². The Bertz CT molecular complexity index is 338. The van der Waals surface area contributed by atoms with Crippen LogP contribution >= 0.6 is 0 Å². The van der Waals surface area contributed by atoms with E-state index in [1.807, 2.05) is 25.1 Å². The lowest BCUT2D eigenvalue weighted by molar-refractivity contribution is 0.0420. The molecule has 0 heterocycles. The molecule has 1 saturated carbocycles. The number of phenols is 1. The number of rotatable bonds is 1. The fraction of sp³-hybridized carbons (Fsp3) is 0.500. The predicted molar refractivity (Wildman–Crippen MR) is 55.2 cm³/mol. The summed E-state index contributed by atoms with van der Waals surface area (Å²) in [6, 6.07) is 5.57. The number of para-hydroxylation sites is 1. The van der Waals surface area contributed by atoms with Crippen LogP contribution in [-0.2, 0) is 5.60 Å². The van der Waals surface area contributed by atoms with Gasteiger partial charge >= 0.3 is 0 Å². The van der Waals surface area contributed by atoms with E-state index in [0.717, 1.165) is 31.2 Å². The van der Waals surface area contributed by atoms with E-state index in [-0.39, 0.29) is 5.75 Å². The summed E-state index contributed by atoms with van der Waals surface area (Å²) in [5.74, 6) is 0.261. The molecular weight excluding hydrogens is 176 g/mol. The van der Waals surface area contributed by atoms with Crippen molar-refractivity contribution < 1.29 is 10.2 Å². The largest absolute Gasteiger partial charge is 0.507 e. The number of aliphatic hydroxyl groups is 1. The topological polar surface area (TPSA) is 40.5 Å². The zero-order valence-electron chi connectivity index (χ0n) is 8.45. The Morgan fingerprint density at radius 3 is 2.50 bits per heavy atom. The zero-order chi connectivity index (χ0) is 10.2. The maximum atomic E-state index is 10.3. The molecule has 1 aromatic rings. The number of benzene rings is 1. The van der Waals surface area contributed by atoms with Crippen LogP contribution in [0.15, 0.2) is 18.2 Å². The fourth-order valence-corrected chi connectivity index (χ4v) is 2.26. The number of aryl methyl sites for hydroxylation is 1. The van der Waals surface area contributed by atoms with Crippen LogP contribution in [0, 0.1) is 6.92 Å². The zero-order valence-corrected chi connectivity index (χ0v) is 8.45. The summed E-state index contributed by atoms with van der Waals surface area (Å²) < 4.78 is 0. The highest BCUT2D eigenvalue weighted by Crippen LogP contribution is 2.42. The molecule has 0 aromatic heterocycles. The van der Waals surface area contributed by atoms with E-state index in [1.54, 1.807) is 0 Å². The van der Waals surface area contributed by atoms with Gasteiger partial charge in [0.15, 0.2) is 0 Å². The van der Waals surface area contributed by atoms with Crippen LogP contribution in [0.25, 0.3) is 0 Å². The SMILES string of the molecule is Cc1cccc(C2(O)CCCC2)c1O. The van der Waals surface area contributed by atoms with Gasteiger partial charge in [0.1, 0.15) is 5.75 Å². The molecule has 0 radical (unpaired) electrons. The van der Waals surface area contributed by atoms with Crippen molar-refractivity contribution >= 4 is 0 Å². The van der Waals surface area contributed by atoms with Crippen LogP contribution in [0.2, 0.25) is 0 Å². The molecule has 0 unspecified atom stereocenters. The van der Waals surface area contributed by atoms with Gasteiger partial charge in [0.05, 0.1) is 5.60 Å². The number of aromatic hydroxyl groups is 1. The van der Waals surface area contributed by atoms with Crippen LogP contribution in [0.3, 0.4) is 0 Å². The van der Waals surface area contributed by atoms with Crippen molar-refractivity contribution in [2.75, 3.05) is 0 Å². The lowest BCUT2D eigenvalue weighted by Gasteiger charge is -2.24. The molecule has 0 atom stereocenters. The van der Waals surface area contributed by atoms with Gasteiger partial charge in [-0.25, -0.2) is 0 Å². The third-order valence-electron chi connectivity index (χ3n) is 3.17. The highest BCUT2D eigenvalue weighted by molar-refractivity contribution is 5.43. The lowest BCUT2D eigenvalue weighted by atomic mass is 9.90. The summed E-state index contributed by atoms with van der Waals surface area (Å²) in [5.41, 5.74) is 0.758. The smallest absolute Gasteiger partial charge is 0.124 e. The van der Waals surface area contributed by atoms with Gasteiger partial charge in [0.2, 0.25) is 0 Å². The Kier molecular flexibility index (Phi) is 2.23. The van der Waals surface area contributed by atoms with Crippen molar-refractivity contribution in [3.05, 3.63) is 29.3 Å². The molecule has 0 saturated heterocycles. The Labute approximate surface area is 84.2 Å². The second-order valence-corrected chi connectivity index (χ2v) is 4.21. The molecule has 1 aliphatic carbocycles. The molecule has 2 N–H and O–H groups in total. The second kappa shape index (κ2) is 3.28. The first kappa shape index (κ1) is 9.53. The normalized spacial score (nSPS) is 19.9. The average Bonchev–Trinajstić information content (AvgIpc) is 2.58. The molecule has 76 valence electrons. The maximum Gasteiger partial charge on any atom is 0.124 e. The second-order valence-electron chi connectivity index (χ2n) is 4.21. The van der Waals surface area contributed by atoms with E-state index >= 15 is 0 Å². The van der Waals surface area contributed by atoms with Crippen molar-refractivity contribution in [1.29, 1.82) is 0 Å². The first-order chi connectivity index (χ1) is 6.63. The van der Waals surface area contributed by atoms with Gasteiger partial charge in [-0.05, 0) is 25.3 Å². The van der Waals surface area contributed by atoms with Crippen molar-refractivity contribution in [1.82, 2.24) is 0 Å². The fourth-order valence-electron chi connectivity index (χ4n) is 2.26. The maximum absolute atomic E-state index is 10.3. The van der Waals surface area contributed by atoms with Crippen molar-refractivity contribution in [2.45, 2.75) is 38.2 Å². The van der Waals surface area contributed by atoms with Gasteiger partial charge in [0, 0.05) is 5.56 Å². The van der Waals surface area contributed by atoms with Crippen molar-refractivity contribution in [3.63, 3.8) is 0 Å². The van der Waals surface area contributed by atoms with E-state index in [4.69, 9.17) is 0 Å². The summed E-state index contributed by atoms with van der Waals surface area (Å²) in [5, 5.41) is 20.2. The average molecular weight is 192 g/mol. The Morgan fingerprint density at radius 1 is 1.21 bits per heavy atom. The predicted octanol–water partition coefficient (Wildman–Crippen LogP) is 2.46. The number of phenolic OH excluding ortho intramolecular Hbond substituents is 1. The van der Waals surface area contributed by atoms with E-state index in [2.05, 4.69) is 0 Å². The molecule has 14 heavy (non-hydrogen) atoms. The summed E-state index contributed by atoms with van der Waals surface area (Å²) in [6.07, 6.45) is 3.63. The molecular formula is C12H16O2. The highest BCUT2D eigenvalue weighted by Gasteiger charge is 2.35. The third-order valence-corrected chi connectivity index (χ3v) is 3.17. The molecule has 0 aliphatic heterocycles. The molecule has 0 amide bonds. The van der Waals surface area contributed by atoms with Crippen LogP contribution in [0.4, 0.5) is 0 Å². The standard InChI is InChI=1S/C12H16O2/c1-9-5-4-6-10(11(9)13)12(14)7-2-3-8-12/h4-6,13-14H,2-3,7-8H2,1H3. The molecule has 1 fully saturated rings. The molecule has 1 aromatic carbocycles. The lowest BCUT2D eigenvalue weighted by Crippen LogP contribution is -2.21. The van der Waals surface area contributed by atoms with Crippen LogP contribution < -0.4 is 0 Å². The quantitative estimate of drug-likeness (QED) is 0.717. The van der Waals surface area contributed by atoms with E-state index in [9.17, 15) is 10.2 Å². The first-order valence-electron chi connectivity index (χ1n) is 5.15. The summed E-state index contributed by atoms with van der Waals surface area (Å²) >= 11 is 0. The van der Waals surface area contributed by atoms with E-state index in [0.29, 0.717) is 5.56 Å². The van der Waals surface area contributed by atoms with Gasteiger partial charge in [0.25, 0.3) is 0 Å². The minimum atomic E-state index is -0.782. The van der Waals surface area contributed by atoms with Crippen LogP contribution in [-0.4, -0.2) is 10.2 Å². The Hall–Kier alpha value is -1.02. The molecule has 1 aliphatic rings. The van der Waals surface area contributed by atoms with Crippen LogP contribution in [0.1, 0.15) is 36.8 Å². The van der Waals surface area contributed by atoms with Crippen molar-refractivity contribution in [3.8, 4) is 5.75 Å². The Balaban J connectivity index is 2.45. The highest BCUT2D eigenvalue weighted by atomic mass is 16.3. The van der Waals surface area contributed by atoms with E-state index in [1.165, 1.54) is 0 Å². The van der Waals surface area contributed by atoms with E-state index < -0.39 is 5.60 Å². The summed E-state index contributed by atoms with van der Waals surface area (Å²) in [6.45, 7) is 1.86. The molecule has 0 spiro atoms. The monoisotopic (exact) mass is 192 g/mol. The molecule has 0 bridgehead atoms. The van der Waals surface area contributed by atoms with Gasteiger partial charge in [-0.3, -0.25) is 0 Å². The molecule has 2 rings (SSSR count).